The molecular weight excluding hydrogens is 278 g/mol. The Morgan fingerprint density at radius 3 is 3.36 bits per heavy atom. The SMILES string of the molecule is [2H]OC1C=C[C@H]2[C@@]3([2H])Cc4ccc(OC([2H])([2H])[2H])c5c4[C@@]2(CCN3C)C1([2H])O5. The van der Waals surface area contributed by atoms with Crippen LogP contribution < -0.4 is 9.47 Å². The molecule has 2 unspecified atom stereocenters. The Hall–Kier alpha value is -1.52. The van der Waals surface area contributed by atoms with E-state index < -0.39 is 30.7 Å². The third-order valence-corrected chi connectivity index (χ3v) is 5.75. The van der Waals surface area contributed by atoms with Crippen LogP contribution in [-0.4, -0.2) is 50.3 Å². The van der Waals surface area contributed by atoms with E-state index in [0.717, 1.165) is 11.1 Å². The van der Waals surface area contributed by atoms with Crippen molar-refractivity contribution in [1.82, 2.24) is 4.90 Å². The first kappa shape index (κ1) is 8.37. The summed E-state index contributed by atoms with van der Waals surface area (Å²) in [5, 5.41) is 4.86. The van der Waals surface area contributed by atoms with Gasteiger partial charge in [0.1, 0.15) is 12.2 Å². The van der Waals surface area contributed by atoms with Crippen molar-refractivity contribution in [2.75, 3.05) is 20.6 Å². The average molecular weight is 305 g/mol. The lowest BCUT2D eigenvalue weighted by Crippen LogP contribution is -2.64. The molecule has 22 heavy (non-hydrogen) atoms. The van der Waals surface area contributed by atoms with Crippen molar-refractivity contribution in [2.24, 2.45) is 5.92 Å². The molecular formula is C18H21NO3. The smallest absolute Gasteiger partial charge is 0.211 e. The van der Waals surface area contributed by atoms with E-state index in [1.807, 2.05) is 18.0 Å². The predicted molar refractivity (Wildman–Crippen MR) is 82.5 cm³/mol. The van der Waals surface area contributed by atoms with E-state index in [1.54, 1.807) is 18.2 Å². The Balaban J connectivity index is 1.81. The molecule has 2 aliphatic heterocycles. The number of nitrogens with zero attached hydrogens (tertiary/aromatic N) is 1. The van der Waals surface area contributed by atoms with E-state index in [0.29, 0.717) is 19.4 Å². The van der Waals surface area contributed by atoms with Crippen LogP contribution in [0.15, 0.2) is 24.3 Å². The maximum Gasteiger partial charge on any atom is 0.211 e. The summed E-state index contributed by atoms with van der Waals surface area (Å²) in [6.07, 6.45) is 1.85. The molecule has 2 bridgehead atoms. The maximum atomic E-state index is 9.28. The second kappa shape index (κ2) is 4.06. The molecule has 1 saturated heterocycles. The Kier molecular flexibility index (Phi) is 1.54. The zero-order valence-electron chi connectivity index (χ0n) is 18.3. The van der Waals surface area contributed by atoms with Gasteiger partial charge in [-0.25, -0.2) is 0 Å². The molecule has 4 heteroatoms. The van der Waals surface area contributed by atoms with E-state index in [-0.39, 0.29) is 17.4 Å². The third kappa shape index (κ3) is 1.28. The van der Waals surface area contributed by atoms with Gasteiger partial charge in [-0.1, -0.05) is 18.2 Å². The Morgan fingerprint density at radius 1 is 1.55 bits per heavy atom. The molecule has 0 saturated carbocycles. The molecule has 1 N–H and O–H groups in total. The van der Waals surface area contributed by atoms with Crippen LogP contribution in [0, 0.1) is 5.92 Å². The molecule has 5 rings (SSSR count). The van der Waals surface area contributed by atoms with Gasteiger partial charge in [0.25, 0.3) is 0 Å². The van der Waals surface area contributed by atoms with Crippen molar-refractivity contribution in [3.8, 4) is 11.5 Å². The molecule has 116 valence electrons. The van der Waals surface area contributed by atoms with Crippen molar-refractivity contribution in [2.45, 2.75) is 36.5 Å². The standard InChI is InChI=1S/C18H21NO3/c1-19-8-7-18-11-4-5-13(20)17(18)22-16-14(21-2)6-3-10(15(16)18)9-12(11)19/h3-6,11-13,17,20H,7-9H2,1-2H3/t11-,12+,13?,17?,18-/m0/s1/i2D3,12D,17D,20D. The number of benzene rings is 1. The van der Waals surface area contributed by atoms with Gasteiger partial charge in [-0.2, -0.15) is 0 Å². The molecule has 2 aliphatic carbocycles. The van der Waals surface area contributed by atoms with Gasteiger partial charge < -0.3 is 19.5 Å². The highest BCUT2D eigenvalue weighted by Gasteiger charge is 2.64. The summed E-state index contributed by atoms with van der Waals surface area (Å²) in [5.41, 5.74) is 0.703. The second-order valence-corrected chi connectivity index (χ2v) is 6.59. The van der Waals surface area contributed by atoms with Crippen molar-refractivity contribution in [1.29, 1.82) is 1.43 Å². The predicted octanol–water partition coefficient (Wildman–Crippen LogP) is 1.50. The van der Waals surface area contributed by atoms with Gasteiger partial charge in [-0.05, 0) is 38.1 Å². The number of ether oxygens (including phenoxy) is 2. The zero-order valence-corrected chi connectivity index (χ0v) is 12.3. The molecule has 0 amide bonds. The van der Waals surface area contributed by atoms with Gasteiger partial charge in [-0.15, -0.1) is 0 Å². The number of likely N-dealkylation sites (tertiary alicyclic amines) is 1. The lowest BCUT2D eigenvalue weighted by atomic mass is 9.53. The summed E-state index contributed by atoms with van der Waals surface area (Å²) in [6, 6.07) is 2.37. The molecule has 1 fully saturated rings. The first-order valence-corrected chi connectivity index (χ1v) is 7.63. The van der Waals surface area contributed by atoms with E-state index in [1.165, 1.54) is 0 Å². The second-order valence-electron chi connectivity index (χ2n) is 6.59. The summed E-state index contributed by atoms with van der Waals surface area (Å²) in [7, 11) is -0.738. The minimum absolute atomic E-state index is 0.0630. The van der Waals surface area contributed by atoms with Gasteiger partial charge in [0, 0.05) is 24.3 Å². The number of rotatable bonds is 2. The summed E-state index contributed by atoms with van der Waals surface area (Å²) in [6.45, 7) is 0.589. The molecule has 5 atom stereocenters. The first-order chi connectivity index (χ1) is 13.1. The van der Waals surface area contributed by atoms with Crippen LogP contribution in [0.5, 0.6) is 11.5 Å². The Labute approximate surface area is 138 Å². The molecule has 4 nitrogen and oxygen atoms in total. The molecule has 1 aromatic carbocycles. The molecule has 1 spiro atoms. The van der Waals surface area contributed by atoms with Gasteiger partial charge in [0.05, 0.1) is 12.5 Å². The number of hydrogen-bond acceptors (Lipinski definition) is 4. The Morgan fingerprint density at radius 2 is 2.50 bits per heavy atom. The number of methoxy groups -OCH3 is 1. The number of aliphatic hydroxyl groups is 1. The Bertz CT molecular complexity index is 891. The third-order valence-electron chi connectivity index (χ3n) is 5.75. The highest BCUT2D eigenvalue weighted by Crippen LogP contribution is 2.62. The normalized spacial score (nSPS) is 52.2. The van der Waals surface area contributed by atoms with Crippen molar-refractivity contribution in [3.63, 3.8) is 0 Å². The van der Waals surface area contributed by atoms with Gasteiger partial charge in [0.15, 0.2) is 11.5 Å². The van der Waals surface area contributed by atoms with E-state index >= 15 is 0 Å². The summed E-state index contributed by atoms with van der Waals surface area (Å²) >= 11 is 0. The van der Waals surface area contributed by atoms with Crippen molar-refractivity contribution in [3.05, 3.63) is 35.4 Å². The van der Waals surface area contributed by atoms with Crippen molar-refractivity contribution < 1.29 is 21.4 Å². The fourth-order valence-electron chi connectivity index (χ4n) is 4.80. The fraction of sp³-hybridized carbons (Fsp3) is 0.556. The summed E-state index contributed by atoms with van der Waals surface area (Å²) in [5.74, 6) is -0.0431. The quantitative estimate of drug-likeness (QED) is 0.841. The number of hydrogen-bond donors (Lipinski definition) is 1. The molecule has 4 aliphatic rings. The van der Waals surface area contributed by atoms with Crippen LogP contribution >= 0.6 is 0 Å². The highest BCUT2D eigenvalue weighted by molar-refractivity contribution is 5.62. The minimum atomic E-state index is -2.65. The van der Waals surface area contributed by atoms with Crippen LogP contribution in [0.4, 0.5) is 0 Å². The van der Waals surface area contributed by atoms with Gasteiger partial charge in [-0.3, -0.25) is 0 Å². The topological polar surface area (TPSA) is 41.9 Å². The molecule has 0 aromatic heterocycles. The fourth-order valence-corrected chi connectivity index (χ4v) is 4.80. The zero-order chi connectivity index (χ0) is 20.1. The van der Waals surface area contributed by atoms with E-state index in [4.69, 9.17) is 20.1 Å². The van der Waals surface area contributed by atoms with Crippen LogP contribution in [0.1, 0.15) is 24.4 Å². The number of piperidine rings is 1. The number of aliphatic hydroxyl groups excluding tert-OH is 1. The maximum absolute atomic E-state index is 9.28. The summed E-state index contributed by atoms with van der Waals surface area (Å²) in [4.78, 5) is 2.00. The largest absolute Gasteiger partial charge is 0.493 e. The monoisotopic (exact) mass is 305 g/mol. The van der Waals surface area contributed by atoms with Crippen LogP contribution in [0.25, 0.3) is 0 Å². The molecule has 2 heterocycles. The lowest BCUT2D eigenvalue weighted by molar-refractivity contribution is -0.0453. The lowest BCUT2D eigenvalue weighted by Gasteiger charge is -2.56. The van der Waals surface area contributed by atoms with Gasteiger partial charge >= 0.3 is 0 Å². The van der Waals surface area contributed by atoms with Gasteiger partial charge in [0.2, 0.25) is 1.43 Å². The molecule has 1 aromatic rings. The molecule has 0 radical (unpaired) electrons. The minimum Gasteiger partial charge on any atom is -0.493 e. The highest BCUT2D eigenvalue weighted by atomic mass is 16.5. The first-order valence-electron chi connectivity index (χ1n) is 10.5. The van der Waals surface area contributed by atoms with E-state index in [9.17, 15) is 2.74 Å². The summed E-state index contributed by atoms with van der Waals surface area (Å²) < 4.78 is 59.7. The van der Waals surface area contributed by atoms with Crippen molar-refractivity contribution >= 4 is 0 Å². The number of likely N-dealkylation sites (N-methyl/N-ethyl adjacent to an activating group) is 1. The van der Waals surface area contributed by atoms with E-state index in [2.05, 4.69) is 0 Å². The van der Waals surface area contributed by atoms with Crippen LogP contribution in [0.2, 0.25) is 0 Å². The van der Waals surface area contributed by atoms with Crippen LogP contribution in [-0.2, 0) is 11.8 Å². The average Bonchev–Trinajstić information content (AvgIpc) is 2.88. The van der Waals surface area contributed by atoms with Crippen LogP contribution in [0.3, 0.4) is 0 Å².